The van der Waals surface area contributed by atoms with E-state index in [-0.39, 0.29) is 12.1 Å². The molecule has 2 aromatic rings. The second-order valence-electron chi connectivity index (χ2n) is 9.66. The van der Waals surface area contributed by atoms with Crippen LogP contribution in [0.15, 0.2) is 48.5 Å². The minimum absolute atomic E-state index is 0.217. The molecule has 4 rings (SSSR count). The van der Waals surface area contributed by atoms with Gasteiger partial charge in [0.15, 0.2) is 0 Å². The van der Waals surface area contributed by atoms with E-state index in [1.807, 2.05) is 27.8 Å². The van der Waals surface area contributed by atoms with Gasteiger partial charge in [-0.3, -0.25) is 4.90 Å². The van der Waals surface area contributed by atoms with Gasteiger partial charge in [0.25, 0.3) is 0 Å². The topological polar surface area (TPSA) is 32.8 Å². The number of likely N-dealkylation sites (tertiary alicyclic amines) is 1. The maximum atomic E-state index is 12.5. The van der Waals surface area contributed by atoms with Gasteiger partial charge in [0.05, 0.1) is 6.04 Å². The Morgan fingerprint density at radius 2 is 1.43 bits per heavy atom. The lowest BCUT2D eigenvalue weighted by Crippen LogP contribution is -2.48. The highest BCUT2D eigenvalue weighted by Gasteiger charge is 2.34. The van der Waals surface area contributed by atoms with E-state index in [4.69, 9.17) is 4.74 Å². The third-order valence-corrected chi connectivity index (χ3v) is 6.46. The van der Waals surface area contributed by atoms with E-state index in [1.54, 1.807) is 4.90 Å². The molecule has 4 nitrogen and oxygen atoms in total. The SMILES string of the molecule is CN(C(=O)OC(C)(C)C)C1CCN(C2c3ccccc3CCc3ccccc32)CC1. The Labute approximate surface area is 180 Å². The molecule has 2 aromatic carbocycles. The maximum absolute atomic E-state index is 12.5. The van der Waals surface area contributed by atoms with Gasteiger partial charge in [0.1, 0.15) is 5.60 Å². The Hall–Kier alpha value is -2.33. The predicted octanol–water partition coefficient (Wildman–Crippen LogP) is 5.21. The molecule has 0 atom stereocenters. The first-order valence-corrected chi connectivity index (χ1v) is 11.2. The van der Waals surface area contributed by atoms with Crippen LogP contribution in [0.3, 0.4) is 0 Å². The van der Waals surface area contributed by atoms with Crippen molar-refractivity contribution in [2.24, 2.45) is 0 Å². The lowest BCUT2D eigenvalue weighted by Gasteiger charge is -2.41. The summed E-state index contributed by atoms with van der Waals surface area (Å²) >= 11 is 0. The van der Waals surface area contributed by atoms with E-state index in [9.17, 15) is 4.79 Å². The van der Waals surface area contributed by atoms with Crippen molar-refractivity contribution in [1.29, 1.82) is 0 Å². The van der Waals surface area contributed by atoms with Crippen molar-refractivity contribution in [3.8, 4) is 0 Å². The smallest absolute Gasteiger partial charge is 0.410 e. The van der Waals surface area contributed by atoms with E-state index < -0.39 is 5.60 Å². The minimum Gasteiger partial charge on any atom is -0.444 e. The molecule has 1 aliphatic carbocycles. The van der Waals surface area contributed by atoms with Gasteiger partial charge < -0.3 is 9.64 Å². The van der Waals surface area contributed by atoms with Crippen molar-refractivity contribution in [2.45, 2.75) is 64.1 Å². The molecule has 0 saturated carbocycles. The first-order valence-electron chi connectivity index (χ1n) is 11.2. The summed E-state index contributed by atoms with van der Waals surface area (Å²) in [4.78, 5) is 16.9. The van der Waals surface area contributed by atoms with Crippen molar-refractivity contribution in [3.63, 3.8) is 0 Å². The molecule has 1 saturated heterocycles. The Morgan fingerprint density at radius 3 is 1.93 bits per heavy atom. The zero-order valence-corrected chi connectivity index (χ0v) is 18.7. The van der Waals surface area contributed by atoms with E-state index >= 15 is 0 Å². The second-order valence-corrected chi connectivity index (χ2v) is 9.66. The van der Waals surface area contributed by atoms with Gasteiger partial charge in [0.2, 0.25) is 0 Å². The number of hydrogen-bond acceptors (Lipinski definition) is 3. The average molecular weight is 407 g/mol. The molecule has 0 N–H and O–H groups in total. The molecular formula is C26H34N2O2. The van der Waals surface area contributed by atoms with Crippen LogP contribution in [-0.4, -0.2) is 47.7 Å². The fourth-order valence-electron chi connectivity index (χ4n) is 4.90. The first kappa shape index (κ1) is 20.9. The summed E-state index contributed by atoms with van der Waals surface area (Å²) in [5, 5.41) is 0. The second kappa shape index (κ2) is 8.43. The van der Waals surface area contributed by atoms with Crippen molar-refractivity contribution < 1.29 is 9.53 Å². The van der Waals surface area contributed by atoms with Crippen LogP contribution in [0.5, 0.6) is 0 Å². The molecular weight excluding hydrogens is 372 g/mol. The molecule has 0 spiro atoms. The van der Waals surface area contributed by atoms with Crippen LogP contribution in [0.1, 0.15) is 61.9 Å². The van der Waals surface area contributed by atoms with Crippen LogP contribution in [-0.2, 0) is 17.6 Å². The van der Waals surface area contributed by atoms with Gasteiger partial charge in [-0.05, 0) is 68.7 Å². The van der Waals surface area contributed by atoms with E-state index in [1.165, 1.54) is 22.3 Å². The van der Waals surface area contributed by atoms with Crippen molar-refractivity contribution in [3.05, 3.63) is 70.8 Å². The Bertz CT molecular complexity index is 846. The minimum atomic E-state index is -0.459. The van der Waals surface area contributed by atoms with Crippen molar-refractivity contribution in [2.75, 3.05) is 20.1 Å². The van der Waals surface area contributed by atoms with Crippen LogP contribution in [0, 0.1) is 0 Å². The highest BCUT2D eigenvalue weighted by atomic mass is 16.6. The fraction of sp³-hybridized carbons (Fsp3) is 0.500. The van der Waals surface area contributed by atoms with Crippen LogP contribution in [0.25, 0.3) is 0 Å². The monoisotopic (exact) mass is 406 g/mol. The van der Waals surface area contributed by atoms with Crippen LogP contribution < -0.4 is 0 Å². The van der Waals surface area contributed by atoms with Gasteiger partial charge in [0, 0.05) is 26.2 Å². The molecule has 2 aliphatic rings. The number of carbonyl (C=O) groups excluding carboxylic acids is 1. The van der Waals surface area contributed by atoms with E-state index in [2.05, 4.69) is 53.4 Å². The number of rotatable bonds is 2. The van der Waals surface area contributed by atoms with Crippen LogP contribution >= 0.6 is 0 Å². The number of hydrogen-bond donors (Lipinski definition) is 0. The molecule has 160 valence electrons. The largest absolute Gasteiger partial charge is 0.444 e. The molecule has 0 bridgehead atoms. The molecule has 0 unspecified atom stereocenters. The van der Waals surface area contributed by atoms with Gasteiger partial charge in [-0.1, -0.05) is 48.5 Å². The number of aryl methyl sites for hydroxylation is 2. The third-order valence-electron chi connectivity index (χ3n) is 6.46. The number of benzene rings is 2. The first-order chi connectivity index (χ1) is 14.3. The summed E-state index contributed by atoms with van der Waals surface area (Å²) in [6.07, 6.45) is 3.92. The summed E-state index contributed by atoms with van der Waals surface area (Å²) < 4.78 is 5.58. The zero-order chi connectivity index (χ0) is 21.3. The Morgan fingerprint density at radius 1 is 0.933 bits per heavy atom. The predicted molar refractivity (Wildman–Crippen MR) is 121 cm³/mol. The zero-order valence-electron chi connectivity index (χ0n) is 18.7. The molecule has 4 heteroatoms. The summed E-state index contributed by atoms with van der Waals surface area (Å²) in [5.41, 5.74) is 5.36. The number of piperidine rings is 1. The third kappa shape index (κ3) is 4.39. The Kier molecular flexibility index (Phi) is 5.88. The van der Waals surface area contributed by atoms with Gasteiger partial charge in [-0.2, -0.15) is 0 Å². The van der Waals surface area contributed by atoms with E-state index in [0.717, 1.165) is 38.8 Å². The highest BCUT2D eigenvalue weighted by Crippen LogP contribution is 2.38. The normalized spacial score (nSPS) is 18.3. The molecule has 1 fully saturated rings. The van der Waals surface area contributed by atoms with Crippen LogP contribution in [0.4, 0.5) is 4.79 Å². The molecule has 0 radical (unpaired) electrons. The summed E-state index contributed by atoms with van der Waals surface area (Å²) in [6, 6.07) is 18.4. The highest BCUT2D eigenvalue weighted by molar-refractivity contribution is 5.68. The quantitative estimate of drug-likeness (QED) is 0.687. The number of carbonyl (C=O) groups is 1. The average Bonchev–Trinajstić information content (AvgIpc) is 2.89. The number of fused-ring (bicyclic) bond motifs is 2. The summed E-state index contributed by atoms with van der Waals surface area (Å²) in [5.74, 6) is 0. The van der Waals surface area contributed by atoms with Crippen molar-refractivity contribution in [1.82, 2.24) is 9.80 Å². The molecule has 1 amide bonds. The molecule has 1 heterocycles. The maximum Gasteiger partial charge on any atom is 0.410 e. The Balaban J connectivity index is 1.53. The van der Waals surface area contributed by atoms with Crippen LogP contribution in [0.2, 0.25) is 0 Å². The summed E-state index contributed by atoms with van der Waals surface area (Å²) in [7, 11) is 1.88. The van der Waals surface area contributed by atoms with Gasteiger partial charge in [-0.15, -0.1) is 0 Å². The van der Waals surface area contributed by atoms with E-state index in [0.29, 0.717) is 6.04 Å². The summed E-state index contributed by atoms with van der Waals surface area (Å²) in [6.45, 7) is 7.71. The molecule has 0 aromatic heterocycles. The van der Waals surface area contributed by atoms with Gasteiger partial charge >= 0.3 is 6.09 Å². The van der Waals surface area contributed by atoms with Crippen molar-refractivity contribution >= 4 is 6.09 Å². The fourth-order valence-corrected chi connectivity index (χ4v) is 4.90. The lowest BCUT2D eigenvalue weighted by atomic mass is 9.91. The standard InChI is InChI=1S/C26H34N2O2/c1-26(2,3)30-25(29)27(4)21-15-17-28(18-16-21)24-22-11-7-5-9-19(22)13-14-20-10-6-8-12-23(20)24/h5-12,21,24H,13-18H2,1-4H3. The number of amides is 1. The number of nitrogens with zero attached hydrogens (tertiary/aromatic N) is 2. The molecule has 1 aliphatic heterocycles. The molecule has 30 heavy (non-hydrogen) atoms. The van der Waals surface area contributed by atoms with Gasteiger partial charge in [-0.25, -0.2) is 4.79 Å². The number of ether oxygens (including phenoxy) is 1. The lowest BCUT2D eigenvalue weighted by molar-refractivity contribution is 0.0138.